The average Bonchev–Trinajstić information content (AvgIpc) is 2.08. The third-order valence-corrected chi connectivity index (χ3v) is 1.31. The van der Waals surface area contributed by atoms with E-state index in [-0.39, 0.29) is 0 Å². The second-order valence-corrected chi connectivity index (χ2v) is 2.59. The predicted molar refractivity (Wildman–Crippen MR) is 48.3 cm³/mol. The van der Waals surface area contributed by atoms with Crippen LogP contribution in [0.15, 0.2) is 36.6 Å². The minimum absolute atomic E-state index is 0.293. The van der Waals surface area contributed by atoms with Gasteiger partial charge in [-0.15, -0.1) is 0 Å². The van der Waals surface area contributed by atoms with E-state index < -0.39 is 18.4 Å². The molecule has 0 unspecified atom stereocenters. The average molecular weight is 243 g/mol. The fourth-order valence-corrected chi connectivity index (χ4v) is 0.734. The van der Waals surface area contributed by atoms with Crippen molar-refractivity contribution in [1.29, 1.82) is 0 Å². The second kappa shape index (κ2) is 6.26. The molecule has 0 saturated carbocycles. The third-order valence-electron chi connectivity index (χ3n) is 1.31. The zero-order valence-electron chi connectivity index (χ0n) is 8.34. The van der Waals surface area contributed by atoms with Crippen molar-refractivity contribution in [3.8, 4) is 0 Å². The van der Waals surface area contributed by atoms with Gasteiger partial charge in [0.2, 0.25) is 0 Å². The highest BCUT2D eigenvalue weighted by molar-refractivity contribution is 5.25. The van der Waals surface area contributed by atoms with Gasteiger partial charge in [-0.05, 0) is 6.08 Å². The predicted octanol–water partition coefficient (Wildman–Crippen LogP) is 3.26. The molecule has 0 spiro atoms. The molecule has 92 valence electrons. The largest absolute Gasteiger partial charge is 0.417 e. The summed E-state index contributed by atoms with van der Waals surface area (Å²) in [4.78, 5) is 3.72. The van der Waals surface area contributed by atoms with Crippen molar-refractivity contribution in [1.82, 2.24) is 5.06 Å². The van der Waals surface area contributed by atoms with E-state index in [1.165, 1.54) is 0 Å². The first-order valence-electron chi connectivity index (χ1n) is 4.03. The lowest BCUT2D eigenvalue weighted by atomic mass is 10.2. The van der Waals surface area contributed by atoms with Crippen LogP contribution in [0, 0.1) is 0 Å². The van der Waals surface area contributed by atoms with Crippen LogP contribution in [0.1, 0.15) is 0 Å². The van der Waals surface area contributed by atoms with Gasteiger partial charge < -0.3 is 0 Å². The maximum absolute atomic E-state index is 12.3. The molecule has 0 amide bonds. The van der Waals surface area contributed by atoms with Gasteiger partial charge >= 0.3 is 12.8 Å². The van der Waals surface area contributed by atoms with E-state index in [2.05, 4.69) is 11.4 Å². The van der Waals surface area contributed by atoms with Gasteiger partial charge in [-0.25, -0.2) is 4.84 Å². The molecule has 0 N–H and O–H groups in total. The Hall–Kier alpha value is -1.37. The molecule has 0 aromatic carbocycles. The van der Waals surface area contributed by atoms with Crippen LogP contribution < -0.4 is 0 Å². The summed E-state index contributed by atoms with van der Waals surface area (Å²) in [6.07, 6.45) is -1.38. The number of hydrogen-bond acceptors (Lipinski definition) is 2. The molecule has 0 aliphatic carbocycles. The van der Waals surface area contributed by atoms with Gasteiger partial charge in [-0.3, -0.25) is 5.06 Å². The van der Waals surface area contributed by atoms with Crippen LogP contribution in [0.3, 0.4) is 0 Å². The zero-order chi connectivity index (χ0) is 12.8. The maximum atomic E-state index is 12.3. The van der Waals surface area contributed by atoms with Crippen molar-refractivity contribution >= 4 is 0 Å². The van der Waals surface area contributed by atoms with Gasteiger partial charge in [0.15, 0.2) is 0 Å². The number of hydroxylamine groups is 2. The Kier molecular flexibility index (Phi) is 5.73. The van der Waals surface area contributed by atoms with Crippen molar-refractivity contribution in [3.05, 3.63) is 36.6 Å². The van der Waals surface area contributed by atoms with Gasteiger partial charge in [-0.2, -0.15) is 22.0 Å². The van der Waals surface area contributed by atoms with E-state index in [9.17, 15) is 22.0 Å². The van der Waals surface area contributed by atoms with E-state index in [4.69, 9.17) is 0 Å². The van der Waals surface area contributed by atoms with Crippen LogP contribution in [-0.4, -0.2) is 24.9 Å². The smallest absolute Gasteiger partial charge is 0.258 e. The molecule has 0 atom stereocenters. The number of nitrogens with zero attached hydrogens (tertiary/aromatic N) is 1. The van der Waals surface area contributed by atoms with E-state index in [1.54, 1.807) is 0 Å². The van der Waals surface area contributed by atoms with E-state index >= 15 is 0 Å². The molecule has 0 radical (unpaired) electrons. The summed E-state index contributed by atoms with van der Waals surface area (Å²) in [5, 5.41) is 0.293. The van der Waals surface area contributed by atoms with Crippen LogP contribution in [0.5, 0.6) is 0 Å². The number of allylic oxidation sites excluding steroid dienone is 4. The molecule has 0 bridgehead atoms. The topological polar surface area (TPSA) is 12.5 Å². The highest BCUT2D eigenvalue weighted by Gasteiger charge is 2.32. The van der Waals surface area contributed by atoms with Gasteiger partial charge in [0.05, 0.1) is 5.57 Å². The third kappa shape index (κ3) is 6.18. The number of hydrogen-bond donors (Lipinski definition) is 0. The van der Waals surface area contributed by atoms with Gasteiger partial charge in [0.25, 0.3) is 0 Å². The number of rotatable bonds is 5. The van der Waals surface area contributed by atoms with Crippen molar-refractivity contribution in [2.75, 3.05) is 7.05 Å². The molecule has 0 rings (SSSR count). The first kappa shape index (κ1) is 14.6. The molecular weight excluding hydrogens is 233 g/mol. The summed E-state index contributed by atoms with van der Waals surface area (Å²) in [6, 6.07) is 0. The zero-order valence-corrected chi connectivity index (χ0v) is 8.34. The van der Waals surface area contributed by atoms with Crippen molar-refractivity contribution in [3.63, 3.8) is 0 Å². The van der Waals surface area contributed by atoms with E-state index in [1.807, 2.05) is 0 Å². The van der Waals surface area contributed by atoms with Crippen molar-refractivity contribution in [2.24, 2.45) is 0 Å². The summed E-state index contributed by atoms with van der Waals surface area (Å²) >= 11 is 0. The lowest BCUT2D eigenvalue weighted by Gasteiger charge is -2.15. The minimum atomic E-state index is -4.65. The summed E-state index contributed by atoms with van der Waals surface area (Å²) in [5.41, 5.74) is -1.13. The summed E-state index contributed by atoms with van der Waals surface area (Å²) < 4.78 is 60.3. The quantitative estimate of drug-likeness (QED) is 0.417. The summed E-state index contributed by atoms with van der Waals surface area (Å²) in [6.45, 7) is 0.0146. The van der Waals surface area contributed by atoms with E-state index in [0.29, 0.717) is 17.3 Å². The summed E-state index contributed by atoms with van der Waals surface area (Å²) in [5.74, 6) is 0. The molecule has 0 saturated heterocycles. The van der Waals surface area contributed by atoms with Gasteiger partial charge in [-0.1, -0.05) is 18.7 Å². The SMILES string of the molecule is C=C/C=C\C(=C/N(C)OC(F)F)C(F)(F)F. The molecule has 2 nitrogen and oxygen atoms in total. The van der Waals surface area contributed by atoms with Crippen LogP contribution in [0.25, 0.3) is 0 Å². The monoisotopic (exact) mass is 243 g/mol. The Bertz CT molecular complexity index is 282. The number of halogens is 5. The fraction of sp³-hybridized carbons (Fsp3) is 0.333. The van der Waals surface area contributed by atoms with Crippen LogP contribution >= 0.6 is 0 Å². The standard InChI is InChI=1S/C9H10F5NO/c1-3-4-5-7(9(12,13)14)6-15(2)16-8(10)11/h3-6,8H,1H2,2H3/b5-4-,7-6+. The Morgan fingerprint density at radius 3 is 2.31 bits per heavy atom. The van der Waals surface area contributed by atoms with E-state index in [0.717, 1.165) is 19.2 Å². The molecule has 0 fully saturated rings. The molecule has 0 aromatic rings. The molecule has 0 aliphatic rings. The van der Waals surface area contributed by atoms with Crippen LogP contribution in [0.4, 0.5) is 22.0 Å². The highest BCUT2D eigenvalue weighted by Crippen LogP contribution is 2.27. The Labute approximate surface area is 89.2 Å². The number of alkyl halides is 5. The molecule has 0 heterocycles. The lowest BCUT2D eigenvalue weighted by Crippen LogP contribution is -2.20. The van der Waals surface area contributed by atoms with Crippen LogP contribution in [0.2, 0.25) is 0 Å². The van der Waals surface area contributed by atoms with Gasteiger partial charge in [0, 0.05) is 13.2 Å². The Balaban J connectivity index is 4.81. The lowest BCUT2D eigenvalue weighted by molar-refractivity contribution is -0.252. The minimum Gasteiger partial charge on any atom is -0.258 e. The first-order chi connectivity index (χ1) is 7.27. The first-order valence-corrected chi connectivity index (χ1v) is 4.03. The van der Waals surface area contributed by atoms with Gasteiger partial charge in [0.1, 0.15) is 0 Å². The summed E-state index contributed by atoms with van der Waals surface area (Å²) in [7, 11) is 0.930. The van der Waals surface area contributed by atoms with Crippen LogP contribution in [-0.2, 0) is 4.84 Å². The Morgan fingerprint density at radius 2 is 1.94 bits per heavy atom. The molecular formula is C9H10F5NO. The second-order valence-electron chi connectivity index (χ2n) is 2.59. The highest BCUT2D eigenvalue weighted by atomic mass is 19.4. The Morgan fingerprint density at radius 1 is 1.38 bits per heavy atom. The maximum Gasteiger partial charge on any atom is 0.417 e. The van der Waals surface area contributed by atoms with Crippen molar-refractivity contribution in [2.45, 2.75) is 12.8 Å². The van der Waals surface area contributed by atoms with Crippen molar-refractivity contribution < 1.29 is 26.8 Å². The molecule has 16 heavy (non-hydrogen) atoms. The molecule has 0 aliphatic heterocycles. The fourth-order valence-electron chi connectivity index (χ4n) is 0.734. The molecule has 0 aromatic heterocycles. The normalized spacial score (nSPS) is 13.6. The molecule has 7 heteroatoms.